The van der Waals surface area contributed by atoms with Gasteiger partial charge in [0.15, 0.2) is 0 Å². The fraction of sp³-hybridized carbons (Fsp3) is 0.667. The Balaban J connectivity index is 0.00000400. The van der Waals surface area contributed by atoms with E-state index >= 15 is 0 Å². The van der Waals surface area contributed by atoms with Crippen LogP contribution in [0.25, 0.3) is 0 Å². The van der Waals surface area contributed by atoms with Crippen molar-refractivity contribution in [3.05, 3.63) is 12.2 Å². The van der Waals surface area contributed by atoms with Gasteiger partial charge in [0.2, 0.25) is 0 Å². The number of esters is 1. The predicted octanol–water partition coefficient (Wildman–Crippen LogP) is -5.64. The Labute approximate surface area is 144 Å². The monoisotopic (exact) mass is 312 g/mol. The topological polar surface area (TPSA) is 125 Å². The molecule has 1 aliphatic heterocycles. The van der Waals surface area contributed by atoms with Gasteiger partial charge in [0.25, 0.3) is 0 Å². The third-order valence-electron chi connectivity index (χ3n) is 2.94. The van der Waals surface area contributed by atoms with Crippen molar-refractivity contribution in [1.82, 2.24) is 0 Å². The van der Waals surface area contributed by atoms with E-state index in [1.165, 1.54) is 7.11 Å². The SMILES string of the molecule is CO[C@@H]1C(COC(=O)/C=C\C(=O)[O-])O[C@H](C)C(O)[C@@H]1O.[Na+]. The van der Waals surface area contributed by atoms with Crippen molar-refractivity contribution in [2.24, 2.45) is 0 Å². The molecule has 0 bridgehead atoms. The average Bonchev–Trinajstić information content (AvgIpc) is 2.40. The van der Waals surface area contributed by atoms with Gasteiger partial charge in [-0.1, -0.05) is 0 Å². The van der Waals surface area contributed by atoms with Crippen LogP contribution in [0.1, 0.15) is 6.92 Å². The normalized spacial score (nSPS) is 32.5. The van der Waals surface area contributed by atoms with Gasteiger partial charge in [-0.3, -0.25) is 0 Å². The smallest absolute Gasteiger partial charge is 0.545 e. The number of carbonyl (C=O) groups is 2. The summed E-state index contributed by atoms with van der Waals surface area (Å²) in [6.45, 7) is 1.31. The third-order valence-corrected chi connectivity index (χ3v) is 2.94. The molecule has 0 radical (unpaired) electrons. The molecular weight excluding hydrogens is 295 g/mol. The number of aliphatic hydroxyl groups is 2. The van der Waals surface area contributed by atoms with E-state index in [4.69, 9.17) is 14.2 Å². The predicted molar refractivity (Wildman–Crippen MR) is 62.3 cm³/mol. The molecule has 21 heavy (non-hydrogen) atoms. The Kier molecular flexibility index (Phi) is 9.30. The summed E-state index contributed by atoms with van der Waals surface area (Å²) >= 11 is 0. The maximum Gasteiger partial charge on any atom is 1.00 e. The number of hydrogen-bond acceptors (Lipinski definition) is 8. The van der Waals surface area contributed by atoms with Crippen LogP contribution in [0.2, 0.25) is 0 Å². The molecule has 0 amide bonds. The molecule has 0 aliphatic carbocycles. The Morgan fingerprint density at radius 1 is 1.29 bits per heavy atom. The molecule has 0 spiro atoms. The Morgan fingerprint density at radius 3 is 2.43 bits per heavy atom. The number of ether oxygens (including phenoxy) is 3. The van der Waals surface area contributed by atoms with Gasteiger partial charge in [-0.2, -0.15) is 0 Å². The number of aliphatic hydroxyl groups excluding tert-OH is 2. The number of carboxylic acid groups (broad SMARTS) is 1. The zero-order chi connectivity index (χ0) is 15.3. The largest absolute Gasteiger partial charge is 1.00 e. The van der Waals surface area contributed by atoms with Crippen LogP contribution in [0.3, 0.4) is 0 Å². The van der Waals surface area contributed by atoms with E-state index < -0.39 is 42.5 Å². The second-order valence-electron chi connectivity index (χ2n) is 4.34. The van der Waals surface area contributed by atoms with Crippen LogP contribution in [0, 0.1) is 0 Å². The quantitative estimate of drug-likeness (QED) is 0.292. The van der Waals surface area contributed by atoms with E-state index in [0.29, 0.717) is 12.2 Å². The summed E-state index contributed by atoms with van der Waals surface area (Å²) in [5.74, 6) is -2.40. The Hall–Kier alpha value is -0.480. The summed E-state index contributed by atoms with van der Waals surface area (Å²) < 4.78 is 15.2. The molecule has 9 heteroatoms. The molecule has 0 aromatic rings. The van der Waals surface area contributed by atoms with Crippen LogP contribution in [0.4, 0.5) is 0 Å². The number of methoxy groups -OCH3 is 1. The van der Waals surface area contributed by atoms with E-state index in [0.717, 1.165) is 0 Å². The van der Waals surface area contributed by atoms with Crippen molar-refractivity contribution in [1.29, 1.82) is 0 Å². The minimum atomic E-state index is -1.52. The van der Waals surface area contributed by atoms with E-state index in [2.05, 4.69) is 0 Å². The van der Waals surface area contributed by atoms with Crippen molar-refractivity contribution < 1.29 is 68.7 Å². The average molecular weight is 312 g/mol. The van der Waals surface area contributed by atoms with E-state index in [1.54, 1.807) is 6.92 Å². The van der Waals surface area contributed by atoms with Crippen LogP contribution in [-0.4, -0.2) is 66.4 Å². The molecule has 0 saturated carbocycles. The number of carbonyl (C=O) groups excluding carboxylic acids is 2. The molecular formula is C12H17NaO8. The van der Waals surface area contributed by atoms with E-state index in [9.17, 15) is 24.9 Å². The molecule has 1 aliphatic rings. The van der Waals surface area contributed by atoms with Crippen molar-refractivity contribution in [3.8, 4) is 0 Å². The molecule has 1 rings (SSSR count). The first-order valence-electron chi connectivity index (χ1n) is 5.97. The van der Waals surface area contributed by atoms with Gasteiger partial charge < -0.3 is 34.3 Å². The van der Waals surface area contributed by atoms with E-state index in [-0.39, 0.29) is 36.2 Å². The minimum absolute atomic E-state index is 0. The van der Waals surface area contributed by atoms with Crippen LogP contribution in [0.15, 0.2) is 12.2 Å². The fourth-order valence-electron chi connectivity index (χ4n) is 1.90. The van der Waals surface area contributed by atoms with Crippen LogP contribution < -0.4 is 34.7 Å². The number of carboxylic acids is 1. The molecule has 1 saturated heterocycles. The fourth-order valence-corrected chi connectivity index (χ4v) is 1.90. The molecule has 5 atom stereocenters. The summed E-state index contributed by atoms with van der Waals surface area (Å²) in [7, 11) is 1.32. The summed E-state index contributed by atoms with van der Waals surface area (Å²) in [6.07, 6.45) is -3.32. The first-order valence-corrected chi connectivity index (χ1v) is 5.97. The Morgan fingerprint density at radius 2 is 1.90 bits per heavy atom. The summed E-state index contributed by atoms with van der Waals surface area (Å²) in [6, 6.07) is 0. The van der Waals surface area contributed by atoms with E-state index in [1.807, 2.05) is 0 Å². The van der Waals surface area contributed by atoms with Crippen LogP contribution in [-0.2, 0) is 23.8 Å². The van der Waals surface area contributed by atoms with Gasteiger partial charge in [0.1, 0.15) is 31.0 Å². The zero-order valence-electron chi connectivity index (χ0n) is 12.1. The van der Waals surface area contributed by atoms with Gasteiger partial charge in [-0.05, 0) is 13.0 Å². The van der Waals surface area contributed by atoms with Crippen LogP contribution >= 0.6 is 0 Å². The molecule has 8 nitrogen and oxygen atoms in total. The molecule has 1 fully saturated rings. The van der Waals surface area contributed by atoms with Crippen molar-refractivity contribution >= 4 is 11.9 Å². The summed E-state index contributed by atoms with van der Waals surface area (Å²) in [4.78, 5) is 21.3. The van der Waals surface area contributed by atoms with Crippen LogP contribution in [0.5, 0.6) is 0 Å². The molecule has 0 aromatic heterocycles. The minimum Gasteiger partial charge on any atom is -0.545 e. The number of rotatable bonds is 5. The molecule has 2 N–H and O–H groups in total. The maximum atomic E-state index is 11.2. The van der Waals surface area contributed by atoms with Gasteiger partial charge in [-0.25, -0.2) is 4.79 Å². The zero-order valence-corrected chi connectivity index (χ0v) is 14.1. The molecule has 1 heterocycles. The third kappa shape index (κ3) is 6.03. The van der Waals surface area contributed by atoms with Crippen molar-refractivity contribution in [2.45, 2.75) is 37.4 Å². The second kappa shape index (κ2) is 9.52. The van der Waals surface area contributed by atoms with Gasteiger partial charge in [-0.15, -0.1) is 0 Å². The Bertz CT molecular complexity index is 385. The standard InChI is InChI=1S/C12H18O8.Na/c1-6-10(16)11(17)12(18-2)7(20-6)5-19-9(15)4-3-8(13)14;/h3-4,6-7,10-12,16-17H,5H2,1-2H3,(H,13,14);/q;+1/p-1/b4-3-;/t6-,7?,10?,11+,12-;/m1./s1. The van der Waals surface area contributed by atoms with Gasteiger partial charge in [0.05, 0.1) is 12.1 Å². The van der Waals surface area contributed by atoms with Gasteiger partial charge >= 0.3 is 35.5 Å². The number of hydrogen-bond donors (Lipinski definition) is 2. The first-order chi connectivity index (χ1) is 9.36. The maximum absolute atomic E-state index is 11.2. The van der Waals surface area contributed by atoms with Gasteiger partial charge in [0, 0.05) is 13.2 Å². The summed E-state index contributed by atoms with van der Waals surface area (Å²) in [5, 5.41) is 29.6. The van der Waals surface area contributed by atoms with Crippen molar-refractivity contribution in [3.63, 3.8) is 0 Å². The summed E-state index contributed by atoms with van der Waals surface area (Å²) in [5.41, 5.74) is 0. The second-order valence-corrected chi connectivity index (χ2v) is 4.34. The molecule has 2 unspecified atom stereocenters. The molecule has 0 aromatic carbocycles. The van der Waals surface area contributed by atoms with Crippen molar-refractivity contribution in [2.75, 3.05) is 13.7 Å². The first kappa shape index (κ1) is 20.5. The molecule has 114 valence electrons. The number of aliphatic carboxylic acids is 1.